The minimum absolute atomic E-state index is 0.0838. The number of rotatable bonds is 5. The second kappa shape index (κ2) is 6.02. The van der Waals surface area contributed by atoms with Crippen molar-refractivity contribution in [1.82, 2.24) is 5.32 Å². The van der Waals surface area contributed by atoms with E-state index in [1.807, 2.05) is 18.4 Å². The minimum Gasteiger partial charge on any atom is -0.310 e. The number of hydrogen-bond donors (Lipinski definition) is 1. The first kappa shape index (κ1) is 14.0. The fraction of sp³-hybridized carbons (Fsp3) is 0.600. The normalized spacial score (nSPS) is 14.1. The molecule has 0 fully saturated rings. The smallest absolute Gasteiger partial charge is 0.310 e. The molecule has 1 N–H and O–H groups in total. The Balaban J connectivity index is 2.61. The van der Waals surface area contributed by atoms with E-state index in [0.29, 0.717) is 6.54 Å². The monoisotopic (exact) mass is 315 g/mol. The maximum absolute atomic E-state index is 12.1. The van der Waals surface area contributed by atoms with Gasteiger partial charge in [-0.05, 0) is 45.9 Å². The SMILES string of the molecule is CCNC(CCC(F)(F)F)c1csc(Br)c1. The minimum atomic E-state index is -4.08. The van der Waals surface area contributed by atoms with Crippen molar-refractivity contribution in [2.45, 2.75) is 32.0 Å². The molecule has 0 spiro atoms. The molecule has 0 aliphatic carbocycles. The molecule has 0 aliphatic rings. The Labute approximate surface area is 105 Å². The summed E-state index contributed by atoms with van der Waals surface area (Å²) in [5.41, 5.74) is 0.919. The quantitative estimate of drug-likeness (QED) is 0.843. The summed E-state index contributed by atoms with van der Waals surface area (Å²) in [5, 5.41) is 4.95. The predicted octanol–water partition coefficient (Wildman–Crippen LogP) is 4.50. The maximum Gasteiger partial charge on any atom is 0.389 e. The molecule has 0 aromatic carbocycles. The highest BCUT2D eigenvalue weighted by molar-refractivity contribution is 9.11. The lowest BCUT2D eigenvalue weighted by atomic mass is 10.1. The second-order valence-electron chi connectivity index (χ2n) is 3.45. The van der Waals surface area contributed by atoms with Crippen LogP contribution in [-0.4, -0.2) is 12.7 Å². The second-order valence-corrected chi connectivity index (χ2v) is 5.74. The van der Waals surface area contributed by atoms with Gasteiger partial charge in [-0.15, -0.1) is 11.3 Å². The van der Waals surface area contributed by atoms with Gasteiger partial charge in [-0.25, -0.2) is 0 Å². The van der Waals surface area contributed by atoms with E-state index in [4.69, 9.17) is 0 Å². The van der Waals surface area contributed by atoms with Crippen LogP contribution in [0.15, 0.2) is 15.2 Å². The van der Waals surface area contributed by atoms with Gasteiger partial charge < -0.3 is 5.32 Å². The van der Waals surface area contributed by atoms with Crippen LogP contribution < -0.4 is 5.32 Å². The Bertz CT molecular complexity index is 324. The van der Waals surface area contributed by atoms with E-state index in [-0.39, 0.29) is 12.5 Å². The first-order valence-corrected chi connectivity index (χ1v) is 6.63. The molecule has 6 heteroatoms. The summed E-state index contributed by atoms with van der Waals surface area (Å²) in [6, 6.07) is 1.66. The summed E-state index contributed by atoms with van der Waals surface area (Å²) in [4.78, 5) is 0. The Morgan fingerprint density at radius 2 is 2.19 bits per heavy atom. The molecule has 1 heterocycles. The van der Waals surface area contributed by atoms with Crippen LogP contribution in [-0.2, 0) is 0 Å². The van der Waals surface area contributed by atoms with Crippen LogP contribution in [0, 0.1) is 0 Å². The number of alkyl halides is 3. The number of halogens is 4. The summed E-state index contributed by atoms with van der Waals surface area (Å²) >= 11 is 4.80. The zero-order valence-electron chi connectivity index (χ0n) is 8.77. The zero-order valence-corrected chi connectivity index (χ0v) is 11.2. The summed E-state index contributed by atoms with van der Waals surface area (Å²) in [6.07, 6.45) is -4.75. The molecule has 16 heavy (non-hydrogen) atoms. The summed E-state index contributed by atoms with van der Waals surface area (Å²) in [5.74, 6) is 0. The van der Waals surface area contributed by atoms with Gasteiger partial charge in [-0.3, -0.25) is 0 Å². The summed E-state index contributed by atoms with van der Waals surface area (Å²) < 4.78 is 37.4. The van der Waals surface area contributed by atoms with Gasteiger partial charge >= 0.3 is 6.18 Å². The lowest BCUT2D eigenvalue weighted by Crippen LogP contribution is -2.22. The molecule has 0 saturated carbocycles. The zero-order chi connectivity index (χ0) is 12.2. The number of hydrogen-bond acceptors (Lipinski definition) is 2. The van der Waals surface area contributed by atoms with E-state index in [9.17, 15) is 13.2 Å². The standard InChI is InChI=1S/C10H13BrF3NS/c1-2-15-8(3-4-10(12,13)14)7-5-9(11)16-6-7/h5-6,8,15H,2-4H2,1H3. The van der Waals surface area contributed by atoms with Crippen molar-refractivity contribution < 1.29 is 13.2 Å². The van der Waals surface area contributed by atoms with Gasteiger partial charge in [-0.2, -0.15) is 13.2 Å². The molecule has 1 aromatic heterocycles. The Morgan fingerprint density at radius 1 is 1.50 bits per heavy atom. The Morgan fingerprint density at radius 3 is 2.62 bits per heavy atom. The molecule has 0 amide bonds. The van der Waals surface area contributed by atoms with E-state index in [2.05, 4.69) is 21.2 Å². The highest BCUT2D eigenvalue weighted by Gasteiger charge is 2.28. The van der Waals surface area contributed by atoms with Gasteiger partial charge in [0.15, 0.2) is 0 Å². The van der Waals surface area contributed by atoms with Gasteiger partial charge in [-0.1, -0.05) is 6.92 Å². The van der Waals surface area contributed by atoms with Crippen molar-refractivity contribution in [3.05, 3.63) is 20.8 Å². The molecule has 0 radical (unpaired) electrons. The van der Waals surface area contributed by atoms with Gasteiger partial charge in [0.25, 0.3) is 0 Å². The first-order valence-electron chi connectivity index (χ1n) is 4.96. The molecular weight excluding hydrogens is 303 g/mol. The van der Waals surface area contributed by atoms with Crippen molar-refractivity contribution in [3.8, 4) is 0 Å². The molecule has 1 aromatic rings. The van der Waals surface area contributed by atoms with Crippen molar-refractivity contribution in [2.24, 2.45) is 0 Å². The van der Waals surface area contributed by atoms with E-state index in [0.717, 1.165) is 9.35 Å². The molecule has 1 unspecified atom stereocenters. The van der Waals surface area contributed by atoms with Crippen molar-refractivity contribution in [2.75, 3.05) is 6.54 Å². The molecule has 0 bridgehead atoms. The van der Waals surface area contributed by atoms with Crippen LogP contribution in [0.3, 0.4) is 0 Å². The summed E-state index contributed by atoms with van der Waals surface area (Å²) in [7, 11) is 0. The average molecular weight is 316 g/mol. The molecule has 1 atom stereocenters. The lowest BCUT2D eigenvalue weighted by molar-refractivity contribution is -0.136. The van der Waals surface area contributed by atoms with Crippen LogP contribution >= 0.6 is 27.3 Å². The lowest BCUT2D eigenvalue weighted by Gasteiger charge is -2.17. The first-order chi connectivity index (χ1) is 7.42. The van der Waals surface area contributed by atoms with Crippen LogP contribution in [0.5, 0.6) is 0 Å². The van der Waals surface area contributed by atoms with Crippen LogP contribution in [0.2, 0.25) is 0 Å². The Kier molecular flexibility index (Phi) is 5.27. The van der Waals surface area contributed by atoms with E-state index >= 15 is 0 Å². The van der Waals surface area contributed by atoms with Crippen LogP contribution in [0.1, 0.15) is 31.4 Å². The van der Waals surface area contributed by atoms with Gasteiger partial charge in [0, 0.05) is 12.5 Å². The molecule has 0 aliphatic heterocycles. The van der Waals surface area contributed by atoms with E-state index in [1.165, 1.54) is 11.3 Å². The maximum atomic E-state index is 12.1. The fourth-order valence-electron chi connectivity index (χ4n) is 1.45. The topological polar surface area (TPSA) is 12.0 Å². The van der Waals surface area contributed by atoms with Crippen LogP contribution in [0.4, 0.5) is 13.2 Å². The molecule has 1 nitrogen and oxygen atoms in total. The van der Waals surface area contributed by atoms with Crippen LogP contribution in [0.25, 0.3) is 0 Å². The van der Waals surface area contributed by atoms with Gasteiger partial charge in [0.2, 0.25) is 0 Å². The molecule has 0 saturated heterocycles. The van der Waals surface area contributed by atoms with Crippen molar-refractivity contribution in [3.63, 3.8) is 0 Å². The van der Waals surface area contributed by atoms with Crippen molar-refractivity contribution >= 4 is 27.3 Å². The van der Waals surface area contributed by atoms with Gasteiger partial charge in [0.05, 0.1) is 3.79 Å². The molecule has 1 rings (SSSR count). The highest BCUT2D eigenvalue weighted by Crippen LogP contribution is 2.31. The predicted molar refractivity (Wildman–Crippen MR) is 63.7 cm³/mol. The number of thiophene rings is 1. The highest BCUT2D eigenvalue weighted by atomic mass is 79.9. The fourth-order valence-corrected chi connectivity index (χ4v) is 2.68. The third-order valence-electron chi connectivity index (χ3n) is 2.16. The Hall–Kier alpha value is -0.0700. The average Bonchev–Trinajstić information content (AvgIpc) is 2.57. The number of nitrogens with one attached hydrogen (secondary N) is 1. The van der Waals surface area contributed by atoms with Gasteiger partial charge in [0.1, 0.15) is 0 Å². The molecule has 92 valence electrons. The van der Waals surface area contributed by atoms with E-state index in [1.54, 1.807) is 0 Å². The summed E-state index contributed by atoms with van der Waals surface area (Å²) in [6.45, 7) is 2.55. The molecular formula is C10H13BrF3NS. The largest absolute Gasteiger partial charge is 0.389 e. The third kappa shape index (κ3) is 4.84. The van der Waals surface area contributed by atoms with E-state index < -0.39 is 12.6 Å². The van der Waals surface area contributed by atoms with Crippen molar-refractivity contribution in [1.29, 1.82) is 0 Å². The third-order valence-corrected chi connectivity index (χ3v) is 3.68.